The molecule has 2 heterocycles. The van der Waals surface area contributed by atoms with E-state index in [1.165, 1.54) is 5.56 Å². The van der Waals surface area contributed by atoms with E-state index in [1.54, 1.807) is 26.6 Å². The Bertz CT molecular complexity index is 746. The molecule has 2 amide bonds. The molecule has 0 saturated carbocycles. The molecule has 1 N–H and O–H groups in total. The lowest BCUT2D eigenvalue weighted by molar-refractivity contribution is 0.135. The predicted molar refractivity (Wildman–Crippen MR) is 103 cm³/mol. The average molecular weight is 370 g/mol. The first kappa shape index (κ1) is 19.0. The number of carbonyl (C=O) groups excluding carboxylic acids is 1. The maximum absolute atomic E-state index is 12.3. The zero-order chi connectivity index (χ0) is 19.1. The van der Waals surface area contributed by atoms with Crippen LogP contribution < -0.4 is 14.8 Å². The highest BCUT2D eigenvalue weighted by Crippen LogP contribution is 2.28. The molecule has 0 aliphatic carbocycles. The van der Waals surface area contributed by atoms with E-state index in [0.717, 1.165) is 36.7 Å². The molecule has 0 spiro atoms. The Morgan fingerprint density at radius 2 is 1.85 bits per heavy atom. The Morgan fingerprint density at radius 1 is 1.07 bits per heavy atom. The summed E-state index contributed by atoms with van der Waals surface area (Å²) >= 11 is 0. The Morgan fingerprint density at radius 3 is 2.52 bits per heavy atom. The van der Waals surface area contributed by atoms with Crippen LogP contribution in [0.5, 0.6) is 11.5 Å². The van der Waals surface area contributed by atoms with E-state index in [0.29, 0.717) is 19.6 Å². The van der Waals surface area contributed by atoms with Gasteiger partial charge >= 0.3 is 6.03 Å². The molecule has 27 heavy (non-hydrogen) atoms. The summed E-state index contributed by atoms with van der Waals surface area (Å²) in [5.74, 6) is 1.47. The summed E-state index contributed by atoms with van der Waals surface area (Å²) in [6.45, 7) is 4.44. The van der Waals surface area contributed by atoms with Crippen LogP contribution in [0.3, 0.4) is 0 Å². The van der Waals surface area contributed by atoms with Crippen molar-refractivity contribution in [2.75, 3.05) is 40.4 Å². The van der Waals surface area contributed by atoms with Crippen LogP contribution in [0.2, 0.25) is 0 Å². The number of carbonyl (C=O) groups is 1. The van der Waals surface area contributed by atoms with E-state index >= 15 is 0 Å². The Balaban J connectivity index is 1.46. The molecule has 7 nitrogen and oxygen atoms in total. The van der Waals surface area contributed by atoms with Crippen molar-refractivity contribution in [1.29, 1.82) is 0 Å². The minimum atomic E-state index is -0.0235. The second-order valence-corrected chi connectivity index (χ2v) is 6.47. The van der Waals surface area contributed by atoms with Crippen LogP contribution in [0, 0.1) is 0 Å². The Labute approximate surface area is 159 Å². The highest BCUT2D eigenvalue weighted by molar-refractivity contribution is 5.74. The largest absolute Gasteiger partial charge is 0.493 e. The number of amides is 2. The van der Waals surface area contributed by atoms with Crippen LogP contribution in [0.15, 0.2) is 42.7 Å². The third-order valence-electron chi connectivity index (χ3n) is 4.68. The van der Waals surface area contributed by atoms with Gasteiger partial charge in [-0.05, 0) is 29.3 Å². The zero-order valence-corrected chi connectivity index (χ0v) is 15.9. The van der Waals surface area contributed by atoms with E-state index in [1.807, 2.05) is 35.2 Å². The SMILES string of the molecule is COc1ccc(CN2CCN(C(=O)NCc3cccnc3)CC2)cc1OC. The Kier molecular flexibility index (Phi) is 6.49. The van der Waals surface area contributed by atoms with Crippen LogP contribution in [-0.4, -0.2) is 61.2 Å². The smallest absolute Gasteiger partial charge is 0.317 e. The number of urea groups is 1. The summed E-state index contributed by atoms with van der Waals surface area (Å²) in [5.41, 5.74) is 2.17. The van der Waals surface area contributed by atoms with Gasteiger partial charge in [-0.2, -0.15) is 0 Å². The predicted octanol–water partition coefficient (Wildman–Crippen LogP) is 2.13. The maximum atomic E-state index is 12.3. The number of ether oxygens (including phenoxy) is 2. The Hall–Kier alpha value is -2.80. The molecule has 0 radical (unpaired) electrons. The lowest BCUT2D eigenvalue weighted by atomic mass is 10.1. The second-order valence-electron chi connectivity index (χ2n) is 6.47. The van der Waals surface area contributed by atoms with Gasteiger partial charge in [-0.25, -0.2) is 4.79 Å². The second kappa shape index (κ2) is 9.23. The molecular weight excluding hydrogens is 344 g/mol. The standard InChI is InChI=1S/C20H26N4O3/c1-26-18-6-5-16(12-19(18)27-2)15-23-8-10-24(11-9-23)20(25)22-14-17-4-3-7-21-13-17/h3-7,12-13H,8-11,14-15H2,1-2H3,(H,22,25). The van der Waals surface area contributed by atoms with Gasteiger partial charge in [0.15, 0.2) is 11.5 Å². The van der Waals surface area contributed by atoms with E-state index in [2.05, 4.69) is 15.2 Å². The van der Waals surface area contributed by atoms with Crippen molar-refractivity contribution >= 4 is 6.03 Å². The van der Waals surface area contributed by atoms with Gasteiger partial charge in [0.2, 0.25) is 0 Å². The molecule has 1 saturated heterocycles. The van der Waals surface area contributed by atoms with Crippen molar-refractivity contribution in [1.82, 2.24) is 20.1 Å². The first-order valence-corrected chi connectivity index (χ1v) is 9.04. The highest BCUT2D eigenvalue weighted by atomic mass is 16.5. The number of aromatic nitrogens is 1. The summed E-state index contributed by atoms with van der Waals surface area (Å²) in [5, 5.41) is 2.96. The molecule has 2 aromatic rings. The lowest BCUT2D eigenvalue weighted by Gasteiger charge is -2.34. The van der Waals surface area contributed by atoms with Gasteiger partial charge in [-0.3, -0.25) is 9.88 Å². The first-order chi connectivity index (χ1) is 13.2. The van der Waals surface area contributed by atoms with E-state index in [4.69, 9.17) is 9.47 Å². The summed E-state index contributed by atoms with van der Waals surface area (Å²) in [7, 11) is 3.28. The molecule has 0 atom stereocenters. The maximum Gasteiger partial charge on any atom is 0.317 e. The molecule has 144 valence electrons. The summed E-state index contributed by atoms with van der Waals surface area (Å²) in [6, 6.07) is 9.78. The number of hydrogen-bond acceptors (Lipinski definition) is 5. The number of rotatable bonds is 6. The number of nitrogens with one attached hydrogen (secondary N) is 1. The molecule has 0 bridgehead atoms. The monoisotopic (exact) mass is 370 g/mol. The van der Waals surface area contributed by atoms with Crippen molar-refractivity contribution in [3.05, 3.63) is 53.9 Å². The average Bonchev–Trinajstić information content (AvgIpc) is 2.73. The summed E-state index contributed by atoms with van der Waals surface area (Å²) in [4.78, 5) is 20.6. The normalized spacial score (nSPS) is 14.7. The molecule has 7 heteroatoms. The van der Waals surface area contributed by atoms with Gasteiger partial charge in [0.25, 0.3) is 0 Å². The van der Waals surface area contributed by atoms with Crippen LogP contribution in [0.25, 0.3) is 0 Å². The van der Waals surface area contributed by atoms with Gasteiger partial charge < -0.3 is 19.7 Å². The van der Waals surface area contributed by atoms with Gasteiger partial charge in [-0.15, -0.1) is 0 Å². The van der Waals surface area contributed by atoms with Crippen molar-refractivity contribution in [3.8, 4) is 11.5 Å². The molecule has 1 fully saturated rings. The molecule has 1 aromatic carbocycles. The number of nitrogens with zero attached hydrogens (tertiary/aromatic N) is 3. The van der Waals surface area contributed by atoms with E-state index in [-0.39, 0.29) is 6.03 Å². The van der Waals surface area contributed by atoms with Crippen LogP contribution in [0.4, 0.5) is 4.79 Å². The lowest BCUT2D eigenvalue weighted by Crippen LogP contribution is -2.51. The summed E-state index contributed by atoms with van der Waals surface area (Å²) < 4.78 is 10.7. The fourth-order valence-corrected chi connectivity index (χ4v) is 3.14. The van der Waals surface area contributed by atoms with Crippen LogP contribution in [0.1, 0.15) is 11.1 Å². The third-order valence-corrected chi connectivity index (χ3v) is 4.68. The number of benzene rings is 1. The van der Waals surface area contributed by atoms with Crippen molar-refractivity contribution in [3.63, 3.8) is 0 Å². The van der Waals surface area contributed by atoms with E-state index < -0.39 is 0 Å². The quantitative estimate of drug-likeness (QED) is 0.844. The van der Waals surface area contributed by atoms with Crippen molar-refractivity contribution in [2.45, 2.75) is 13.1 Å². The van der Waals surface area contributed by atoms with Crippen LogP contribution >= 0.6 is 0 Å². The van der Waals surface area contributed by atoms with Gasteiger partial charge in [0.05, 0.1) is 14.2 Å². The fraction of sp³-hybridized carbons (Fsp3) is 0.400. The highest BCUT2D eigenvalue weighted by Gasteiger charge is 2.21. The fourth-order valence-electron chi connectivity index (χ4n) is 3.14. The van der Waals surface area contributed by atoms with Crippen molar-refractivity contribution in [2.24, 2.45) is 0 Å². The topological polar surface area (TPSA) is 66.9 Å². The molecule has 3 rings (SSSR count). The summed E-state index contributed by atoms with van der Waals surface area (Å²) in [6.07, 6.45) is 3.49. The van der Waals surface area contributed by atoms with Crippen molar-refractivity contribution < 1.29 is 14.3 Å². The first-order valence-electron chi connectivity index (χ1n) is 9.04. The number of pyridine rings is 1. The zero-order valence-electron chi connectivity index (χ0n) is 15.9. The minimum absolute atomic E-state index is 0.0235. The number of piperazine rings is 1. The van der Waals surface area contributed by atoms with Gasteiger partial charge in [0.1, 0.15) is 0 Å². The number of hydrogen-bond donors (Lipinski definition) is 1. The van der Waals surface area contributed by atoms with Crippen LogP contribution in [-0.2, 0) is 13.1 Å². The molecule has 0 unspecified atom stereocenters. The van der Waals surface area contributed by atoms with Gasteiger partial charge in [-0.1, -0.05) is 12.1 Å². The minimum Gasteiger partial charge on any atom is -0.493 e. The third kappa shape index (κ3) is 5.10. The molecule has 1 aliphatic heterocycles. The number of methoxy groups -OCH3 is 2. The molecule has 1 aromatic heterocycles. The molecule has 1 aliphatic rings. The molecular formula is C20H26N4O3. The van der Waals surface area contributed by atoms with E-state index in [9.17, 15) is 4.79 Å². The van der Waals surface area contributed by atoms with Gasteiger partial charge in [0, 0.05) is 51.7 Å².